The Kier molecular flexibility index (Phi) is 9.26. The molecule has 12 heteroatoms. The van der Waals surface area contributed by atoms with E-state index in [1.807, 2.05) is 30.3 Å². The molecule has 0 bridgehead atoms. The third-order valence-corrected chi connectivity index (χ3v) is 6.75. The summed E-state index contributed by atoms with van der Waals surface area (Å²) in [7, 11) is -4.15. The van der Waals surface area contributed by atoms with Gasteiger partial charge in [0.2, 0.25) is 11.0 Å². The molecule has 0 N–H and O–H groups in total. The first-order chi connectivity index (χ1) is 15.1. The van der Waals surface area contributed by atoms with Crippen LogP contribution in [0.2, 0.25) is 0 Å². The molecule has 1 aliphatic rings. The van der Waals surface area contributed by atoms with Crippen LogP contribution in [0.4, 0.5) is 30.7 Å². The first-order valence-corrected chi connectivity index (χ1v) is 11.7. The Morgan fingerprint density at radius 1 is 1.12 bits per heavy atom. The average molecular weight is 524 g/mol. The number of hydrogen-bond donors (Lipinski definition) is 0. The zero-order valence-corrected chi connectivity index (χ0v) is 19.5. The number of benzene rings is 1. The van der Waals surface area contributed by atoms with Crippen LogP contribution in [0.1, 0.15) is 38.7 Å². The third kappa shape index (κ3) is 7.32. The summed E-state index contributed by atoms with van der Waals surface area (Å²) in [5, 5.41) is -10.8. The molecule has 0 radical (unpaired) electrons. The molecule has 0 spiro atoms. The largest absolute Gasteiger partial charge is 0.431 e. The summed E-state index contributed by atoms with van der Waals surface area (Å²) in [4.78, 5) is 0. The van der Waals surface area contributed by atoms with Crippen LogP contribution in [0.25, 0.3) is 0 Å². The lowest BCUT2D eigenvalue weighted by atomic mass is 9.92. The summed E-state index contributed by atoms with van der Waals surface area (Å²) in [5.74, 6) is -0.951. The van der Waals surface area contributed by atoms with E-state index in [0.717, 1.165) is 5.56 Å². The van der Waals surface area contributed by atoms with Crippen molar-refractivity contribution in [3.63, 3.8) is 0 Å². The van der Waals surface area contributed by atoms with Crippen molar-refractivity contribution in [1.82, 2.24) is 4.31 Å². The van der Waals surface area contributed by atoms with E-state index in [4.69, 9.17) is 4.74 Å². The normalized spacial score (nSPS) is 21.3. The highest BCUT2D eigenvalue weighted by molar-refractivity contribution is 7.84. The van der Waals surface area contributed by atoms with Crippen molar-refractivity contribution in [1.29, 1.82) is 0 Å². The van der Waals surface area contributed by atoms with Gasteiger partial charge < -0.3 is 4.74 Å². The molecule has 33 heavy (non-hydrogen) atoms. The minimum Gasteiger partial charge on any atom is -0.357 e. The van der Waals surface area contributed by atoms with Crippen molar-refractivity contribution in [3.8, 4) is 0 Å². The van der Waals surface area contributed by atoms with Crippen LogP contribution in [-0.4, -0.2) is 38.2 Å². The number of halogens is 8. The molecular formula is C21H25ClF7NO2S. The van der Waals surface area contributed by atoms with Crippen LogP contribution in [0.3, 0.4) is 0 Å². The Morgan fingerprint density at radius 2 is 1.73 bits per heavy atom. The maximum atomic E-state index is 14.1. The van der Waals surface area contributed by atoms with Crippen LogP contribution in [0, 0.1) is 11.8 Å². The molecule has 1 heterocycles. The molecule has 0 saturated heterocycles. The van der Waals surface area contributed by atoms with Gasteiger partial charge in [0.05, 0.1) is 6.61 Å². The second kappa shape index (κ2) is 10.9. The number of allylic oxidation sites excluding steroid dienone is 2. The van der Waals surface area contributed by atoms with E-state index in [9.17, 15) is 34.9 Å². The number of hydrogen-bond acceptors (Lipinski definition) is 2. The van der Waals surface area contributed by atoms with Crippen molar-refractivity contribution in [3.05, 3.63) is 47.7 Å². The van der Waals surface area contributed by atoms with E-state index in [0.29, 0.717) is 18.9 Å². The van der Waals surface area contributed by atoms with Gasteiger partial charge in [-0.05, 0) is 54.7 Å². The molecule has 188 valence electrons. The Balaban J connectivity index is 2.35. The quantitative estimate of drug-likeness (QED) is 0.247. The van der Waals surface area contributed by atoms with Crippen LogP contribution < -0.4 is 0 Å². The first-order valence-electron chi connectivity index (χ1n) is 10.2. The number of ether oxygens (including phenoxy) is 1. The molecule has 1 aliphatic heterocycles. The fourth-order valence-electron chi connectivity index (χ4n) is 3.37. The van der Waals surface area contributed by atoms with Crippen molar-refractivity contribution < 1.29 is 39.7 Å². The standard InChI is InChI=1S/C21H25ClF7NO2S/c1-14(2)13-32-18-12-16(10-6-9-15-7-4-3-5-8-15)11-17(19(23,24)25)30(18)33(31)21(28,29)20(22,26)27/h3-5,7-8,11,14,16,18H,6,9-10,12-13H2,1-2H3/t16-,18-,33-/m0/s1. The van der Waals surface area contributed by atoms with Crippen molar-refractivity contribution in [2.24, 2.45) is 11.8 Å². The second-order valence-electron chi connectivity index (χ2n) is 8.19. The molecule has 0 saturated carbocycles. The lowest BCUT2D eigenvalue weighted by Gasteiger charge is -2.41. The predicted octanol–water partition coefficient (Wildman–Crippen LogP) is 6.86. The molecule has 0 aromatic heterocycles. The predicted molar refractivity (Wildman–Crippen MR) is 112 cm³/mol. The van der Waals surface area contributed by atoms with Gasteiger partial charge in [-0.3, -0.25) is 4.31 Å². The lowest BCUT2D eigenvalue weighted by molar-refractivity contribution is -0.135. The molecule has 0 amide bonds. The molecule has 1 aromatic carbocycles. The zero-order chi connectivity index (χ0) is 25.0. The van der Waals surface area contributed by atoms with Gasteiger partial charge in [0.15, 0.2) is 0 Å². The van der Waals surface area contributed by atoms with Crippen molar-refractivity contribution in [2.45, 2.75) is 62.6 Å². The van der Waals surface area contributed by atoms with Gasteiger partial charge in [-0.1, -0.05) is 50.3 Å². The van der Waals surface area contributed by atoms with Crippen LogP contribution >= 0.6 is 11.6 Å². The molecule has 1 aromatic rings. The smallest absolute Gasteiger partial charge is 0.357 e. The molecule has 0 fully saturated rings. The number of nitrogens with zero attached hydrogens (tertiary/aromatic N) is 1. The average Bonchev–Trinajstić information content (AvgIpc) is 2.70. The molecule has 3 nitrogen and oxygen atoms in total. The van der Waals surface area contributed by atoms with Gasteiger partial charge in [-0.2, -0.15) is 30.7 Å². The zero-order valence-electron chi connectivity index (χ0n) is 17.9. The van der Waals surface area contributed by atoms with Gasteiger partial charge in [0.1, 0.15) is 11.9 Å². The second-order valence-corrected chi connectivity index (χ2v) is 10.1. The van der Waals surface area contributed by atoms with E-state index >= 15 is 0 Å². The Bertz CT molecular complexity index is 828. The Labute approximate surface area is 195 Å². The number of alkyl halides is 8. The third-order valence-electron chi connectivity index (χ3n) is 4.92. The monoisotopic (exact) mass is 523 g/mol. The topological polar surface area (TPSA) is 29.5 Å². The van der Waals surface area contributed by atoms with Gasteiger partial charge >= 0.3 is 16.8 Å². The highest BCUT2D eigenvalue weighted by Gasteiger charge is 2.64. The van der Waals surface area contributed by atoms with E-state index in [1.54, 1.807) is 13.8 Å². The molecule has 2 rings (SSSR count). The Hall–Kier alpha value is -1.33. The number of rotatable bonds is 10. The Morgan fingerprint density at radius 3 is 2.24 bits per heavy atom. The van der Waals surface area contributed by atoms with Gasteiger partial charge in [0, 0.05) is 0 Å². The fourth-order valence-corrected chi connectivity index (χ4v) is 4.71. The molecule has 0 unspecified atom stereocenters. The van der Waals surface area contributed by atoms with E-state index in [-0.39, 0.29) is 29.7 Å². The SMILES string of the molecule is CC(C)CO[C@H]1C[C@@H](CCCc2ccccc2)C=C(C(F)(F)F)N1[S@@](=O)C(F)(F)C(F)(F)Cl. The van der Waals surface area contributed by atoms with Gasteiger partial charge in [0.25, 0.3) is 0 Å². The summed E-state index contributed by atoms with van der Waals surface area (Å²) in [6.45, 7) is 3.19. The lowest BCUT2D eigenvalue weighted by Crippen LogP contribution is -2.54. The highest BCUT2D eigenvalue weighted by atomic mass is 35.5. The minimum absolute atomic E-state index is 0.150. The van der Waals surface area contributed by atoms with Crippen LogP contribution in [0.15, 0.2) is 42.1 Å². The summed E-state index contributed by atoms with van der Waals surface area (Å²) in [6, 6.07) is 9.21. The van der Waals surface area contributed by atoms with Crippen molar-refractivity contribution >= 4 is 22.6 Å². The summed E-state index contributed by atoms with van der Waals surface area (Å²) < 4.78 is 113. The minimum atomic E-state index is -5.46. The van der Waals surface area contributed by atoms with E-state index < -0.39 is 45.6 Å². The van der Waals surface area contributed by atoms with E-state index in [2.05, 4.69) is 11.6 Å². The maximum Gasteiger partial charge on any atom is 0.431 e. The van der Waals surface area contributed by atoms with Crippen LogP contribution in [-0.2, 0) is 22.1 Å². The summed E-state index contributed by atoms with van der Waals surface area (Å²) in [5.41, 5.74) is -0.723. The molecular weight excluding hydrogens is 499 g/mol. The van der Waals surface area contributed by atoms with E-state index in [1.165, 1.54) is 0 Å². The van der Waals surface area contributed by atoms with Gasteiger partial charge in [-0.25, -0.2) is 4.21 Å². The molecule has 0 aliphatic carbocycles. The summed E-state index contributed by atoms with van der Waals surface area (Å²) >= 11 is 4.39. The fraction of sp³-hybridized carbons (Fsp3) is 0.619. The first kappa shape index (κ1) is 27.9. The molecule has 3 atom stereocenters. The highest BCUT2D eigenvalue weighted by Crippen LogP contribution is 2.46. The number of aryl methyl sites for hydroxylation is 1. The van der Waals surface area contributed by atoms with Crippen molar-refractivity contribution in [2.75, 3.05) is 6.61 Å². The summed E-state index contributed by atoms with van der Waals surface area (Å²) in [6.07, 6.45) is -5.20. The van der Waals surface area contributed by atoms with Gasteiger partial charge in [-0.15, -0.1) is 0 Å². The van der Waals surface area contributed by atoms with Crippen LogP contribution in [0.5, 0.6) is 0 Å². The maximum absolute atomic E-state index is 14.1.